The molecule has 1 aromatic rings. The standard InChI is InChI=1S/C14H20O3/c1-10-4-3-5-12(6-10)8-13(14(16)17)7-11(2)9-15/h3-6,11,13,15H,7-9H2,1-2H3,(H,16,17). The summed E-state index contributed by atoms with van der Waals surface area (Å²) in [5.74, 6) is -1.17. The number of hydrogen-bond acceptors (Lipinski definition) is 2. The molecule has 0 radical (unpaired) electrons. The van der Waals surface area contributed by atoms with E-state index >= 15 is 0 Å². The van der Waals surface area contributed by atoms with Crippen LogP contribution in [0.15, 0.2) is 24.3 Å². The molecular weight excluding hydrogens is 216 g/mol. The first-order chi connectivity index (χ1) is 8.02. The Morgan fingerprint density at radius 2 is 2.12 bits per heavy atom. The molecule has 0 spiro atoms. The summed E-state index contributed by atoms with van der Waals surface area (Å²) in [6.45, 7) is 3.90. The normalized spacial score (nSPS) is 14.3. The average molecular weight is 236 g/mol. The van der Waals surface area contributed by atoms with E-state index in [0.717, 1.165) is 11.1 Å². The molecule has 2 unspecified atom stereocenters. The Morgan fingerprint density at radius 1 is 1.41 bits per heavy atom. The molecule has 0 heterocycles. The Morgan fingerprint density at radius 3 is 2.65 bits per heavy atom. The van der Waals surface area contributed by atoms with Gasteiger partial charge in [-0.25, -0.2) is 0 Å². The summed E-state index contributed by atoms with van der Waals surface area (Å²) in [6.07, 6.45) is 1.04. The van der Waals surface area contributed by atoms with Crippen LogP contribution in [-0.4, -0.2) is 22.8 Å². The lowest BCUT2D eigenvalue weighted by Crippen LogP contribution is -2.20. The van der Waals surface area contributed by atoms with Crippen molar-refractivity contribution in [3.05, 3.63) is 35.4 Å². The molecule has 0 amide bonds. The van der Waals surface area contributed by atoms with Crippen LogP contribution in [0.25, 0.3) is 0 Å². The smallest absolute Gasteiger partial charge is 0.306 e. The van der Waals surface area contributed by atoms with E-state index in [4.69, 9.17) is 10.2 Å². The molecule has 0 saturated carbocycles. The molecule has 1 rings (SSSR count). The number of carboxylic acid groups (broad SMARTS) is 1. The van der Waals surface area contributed by atoms with Gasteiger partial charge in [-0.15, -0.1) is 0 Å². The lowest BCUT2D eigenvalue weighted by atomic mass is 9.90. The molecule has 0 aromatic heterocycles. The van der Waals surface area contributed by atoms with E-state index < -0.39 is 11.9 Å². The van der Waals surface area contributed by atoms with Gasteiger partial charge in [0.25, 0.3) is 0 Å². The minimum atomic E-state index is -0.785. The van der Waals surface area contributed by atoms with Gasteiger partial charge in [0.1, 0.15) is 0 Å². The molecule has 94 valence electrons. The molecule has 3 nitrogen and oxygen atoms in total. The largest absolute Gasteiger partial charge is 0.481 e. The Kier molecular flexibility index (Phi) is 5.16. The van der Waals surface area contributed by atoms with Crippen molar-refractivity contribution in [1.29, 1.82) is 0 Å². The molecule has 1 aromatic carbocycles. The van der Waals surface area contributed by atoms with Gasteiger partial charge in [-0.3, -0.25) is 4.79 Å². The van der Waals surface area contributed by atoms with Crippen LogP contribution >= 0.6 is 0 Å². The van der Waals surface area contributed by atoms with Gasteiger partial charge in [0.2, 0.25) is 0 Å². The van der Waals surface area contributed by atoms with Gasteiger partial charge in [0.15, 0.2) is 0 Å². The summed E-state index contributed by atoms with van der Waals surface area (Å²) < 4.78 is 0. The van der Waals surface area contributed by atoms with Gasteiger partial charge in [-0.1, -0.05) is 36.8 Å². The van der Waals surface area contributed by atoms with E-state index in [1.54, 1.807) is 0 Å². The van der Waals surface area contributed by atoms with Crippen molar-refractivity contribution in [3.63, 3.8) is 0 Å². The molecule has 0 aliphatic heterocycles. The summed E-state index contributed by atoms with van der Waals surface area (Å²) in [5, 5.41) is 18.1. The topological polar surface area (TPSA) is 57.5 Å². The highest BCUT2D eigenvalue weighted by molar-refractivity contribution is 5.70. The number of aliphatic hydroxyl groups excluding tert-OH is 1. The highest BCUT2D eigenvalue weighted by Crippen LogP contribution is 2.18. The molecular formula is C14H20O3. The zero-order valence-corrected chi connectivity index (χ0v) is 10.4. The van der Waals surface area contributed by atoms with Crippen molar-refractivity contribution < 1.29 is 15.0 Å². The molecule has 0 aliphatic carbocycles. The zero-order valence-electron chi connectivity index (χ0n) is 10.4. The SMILES string of the molecule is Cc1cccc(CC(CC(C)CO)C(=O)O)c1. The van der Waals surface area contributed by atoms with E-state index in [2.05, 4.69) is 0 Å². The maximum atomic E-state index is 11.2. The predicted molar refractivity (Wildman–Crippen MR) is 66.9 cm³/mol. The van der Waals surface area contributed by atoms with Crippen LogP contribution in [0, 0.1) is 18.8 Å². The molecule has 0 bridgehead atoms. The molecule has 2 atom stereocenters. The highest BCUT2D eigenvalue weighted by Gasteiger charge is 2.20. The maximum Gasteiger partial charge on any atom is 0.306 e. The number of rotatable bonds is 6. The Balaban J connectivity index is 2.70. The van der Waals surface area contributed by atoms with Crippen LogP contribution in [0.1, 0.15) is 24.5 Å². The second-order valence-corrected chi connectivity index (χ2v) is 4.75. The van der Waals surface area contributed by atoms with Gasteiger partial charge in [0, 0.05) is 6.61 Å². The fourth-order valence-electron chi connectivity index (χ4n) is 1.96. The van der Waals surface area contributed by atoms with E-state index in [1.807, 2.05) is 38.1 Å². The van der Waals surface area contributed by atoms with E-state index in [9.17, 15) is 4.79 Å². The summed E-state index contributed by atoms with van der Waals surface area (Å²) in [5.41, 5.74) is 2.18. The van der Waals surface area contributed by atoms with Gasteiger partial charge < -0.3 is 10.2 Å². The Labute approximate surface area is 102 Å². The fraction of sp³-hybridized carbons (Fsp3) is 0.500. The van der Waals surface area contributed by atoms with Crippen molar-refractivity contribution in [2.45, 2.75) is 26.7 Å². The predicted octanol–water partition coefficient (Wildman–Crippen LogP) is 2.26. The van der Waals surface area contributed by atoms with E-state index in [1.165, 1.54) is 0 Å². The first-order valence-corrected chi connectivity index (χ1v) is 5.92. The minimum Gasteiger partial charge on any atom is -0.481 e. The minimum absolute atomic E-state index is 0.0286. The summed E-state index contributed by atoms with van der Waals surface area (Å²) in [4.78, 5) is 11.2. The molecule has 17 heavy (non-hydrogen) atoms. The third-order valence-electron chi connectivity index (χ3n) is 2.91. The lowest BCUT2D eigenvalue weighted by molar-refractivity contribution is -0.142. The Hall–Kier alpha value is -1.35. The summed E-state index contributed by atoms with van der Waals surface area (Å²) in [6, 6.07) is 7.90. The van der Waals surface area contributed by atoms with Crippen LogP contribution in [0.5, 0.6) is 0 Å². The van der Waals surface area contributed by atoms with Gasteiger partial charge in [-0.2, -0.15) is 0 Å². The third kappa shape index (κ3) is 4.57. The quantitative estimate of drug-likeness (QED) is 0.796. The van der Waals surface area contributed by atoms with E-state index in [-0.39, 0.29) is 12.5 Å². The second kappa shape index (κ2) is 6.40. The van der Waals surface area contributed by atoms with Crippen molar-refractivity contribution in [3.8, 4) is 0 Å². The first-order valence-electron chi connectivity index (χ1n) is 5.92. The zero-order chi connectivity index (χ0) is 12.8. The number of aryl methyl sites for hydroxylation is 1. The van der Waals surface area contributed by atoms with Crippen LogP contribution in [0.3, 0.4) is 0 Å². The van der Waals surface area contributed by atoms with Crippen molar-refractivity contribution >= 4 is 5.97 Å². The number of aliphatic carboxylic acids is 1. The van der Waals surface area contributed by atoms with Gasteiger partial charge in [-0.05, 0) is 31.2 Å². The lowest BCUT2D eigenvalue weighted by Gasteiger charge is -2.16. The van der Waals surface area contributed by atoms with Crippen molar-refractivity contribution in [2.75, 3.05) is 6.61 Å². The fourth-order valence-corrected chi connectivity index (χ4v) is 1.96. The second-order valence-electron chi connectivity index (χ2n) is 4.75. The monoisotopic (exact) mass is 236 g/mol. The third-order valence-corrected chi connectivity index (χ3v) is 2.91. The van der Waals surface area contributed by atoms with Crippen LogP contribution in [-0.2, 0) is 11.2 Å². The van der Waals surface area contributed by atoms with Crippen molar-refractivity contribution in [2.24, 2.45) is 11.8 Å². The Bertz CT molecular complexity index is 373. The van der Waals surface area contributed by atoms with E-state index in [0.29, 0.717) is 12.8 Å². The molecule has 3 heteroatoms. The molecule has 0 fully saturated rings. The number of carboxylic acids is 1. The first kappa shape index (κ1) is 13.7. The number of carbonyl (C=O) groups is 1. The maximum absolute atomic E-state index is 11.2. The molecule has 0 saturated heterocycles. The molecule has 2 N–H and O–H groups in total. The van der Waals surface area contributed by atoms with Crippen LogP contribution < -0.4 is 0 Å². The summed E-state index contributed by atoms with van der Waals surface area (Å²) >= 11 is 0. The number of benzene rings is 1. The summed E-state index contributed by atoms with van der Waals surface area (Å²) in [7, 11) is 0. The van der Waals surface area contributed by atoms with Crippen LogP contribution in [0.2, 0.25) is 0 Å². The van der Waals surface area contributed by atoms with Crippen molar-refractivity contribution in [1.82, 2.24) is 0 Å². The highest BCUT2D eigenvalue weighted by atomic mass is 16.4. The molecule has 0 aliphatic rings. The number of aliphatic hydroxyl groups is 1. The van der Waals surface area contributed by atoms with Gasteiger partial charge in [0.05, 0.1) is 5.92 Å². The van der Waals surface area contributed by atoms with Gasteiger partial charge >= 0.3 is 5.97 Å². The average Bonchev–Trinajstić information content (AvgIpc) is 2.27. The van der Waals surface area contributed by atoms with Crippen LogP contribution in [0.4, 0.5) is 0 Å². The number of hydrogen-bond donors (Lipinski definition) is 2.